The first-order valence-corrected chi connectivity index (χ1v) is 6.03. The van der Waals surface area contributed by atoms with Gasteiger partial charge in [-0.25, -0.2) is 4.98 Å². The maximum Gasteiger partial charge on any atom is 0.389 e. The minimum atomic E-state index is -4.14. The van der Waals surface area contributed by atoms with Crippen LogP contribution in [0.4, 0.5) is 19.0 Å². The van der Waals surface area contributed by atoms with E-state index in [4.69, 9.17) is 0 Å². The summed E-state index contributed by atoms with van der Waals surface area (Å²) < 4.78 is 36.2. The van der Waals surface area contributed by atoms with Gasteiger partial charge in [0, 0.05) is 37.3 Å². The van der Waals surface area contributed by atoms with E-state index in [1.165, 1.54) is 0 Å². The summed E-state index contributed by atoms with van der Waals surface area (Å²) in [6.07, 6.45) is 1.20. The third-order valence-electron chi connectivity index (χ3n) is 2.59. The Labute approximate surface area is 114 Å². The average Bonchev–Trinajstić information content (AvgIpc) is 2.44. The number of aryl methyl sites for hydroxylation is 1. The summed E-state index contributed by atoms with van der Waals surface area (Å²) in [6.45, 7) is 0.491. The lowest BCUT2D eigenvalue weighted by atomic mass is 10.2. The second-order valence-electron chi connectivity index (χ2n) is 4.22. The van der Waals surface area contributed by atoms with Crippen LogP contribution in [0.2, 0.25) is 0 Å². The van der Waals surface area contributed by atoms with E-state index in [0.717, 1.165) is 5.56 Å². The van der Waals surface area contributed by atoms with Crippen molar-refractivity contribution in [2.45, 2.75) is 25.6 Å². The van der Waals surface area contributed by atoms with Gasteiger partial charge in [0.2, 0.25) is 0 Å². The first-order chi connectivity index (χ1) is 9.53. The summed E-state index contributed by atoms with van der Waals surface area (Å²) in [5.74, 6) is 0.633. The number of nitrogens with zero attached hydrogens (tertiary/aromatic N) is 3. The molecule has 0 saturated heterocycles. The van der Waals surface area contributed by atoms with E-state index in [0.29, 0.717) is 18.1 Å². The van der Waals surface area contributed by atoms with Crippen molar-refractivity contribution in [2.75, 3.05) is 5.32 Å². The molecular formula is C13H13F3N4. The van der Waals surface area contributed by atoms with Crippen LogP contribution in [-0.2, 0) is 13.0 Å². The van der Waals surface area contributed by atoms with E-state index in [1.807, 2.05) is 0 Å². The van der Waals surface area contributed by atoms with Crippen LogP contribution in [0.25, 0.3) is 0 Å². The molecule has 2 heterocycles. The van der Waals surface area contributed by atoms with Gasteiger partial charge in [-0.3, -0.25) is 9.97 Å². The molecule has 2 aromatic heterocycles. The average molecular weight is 282 g/mol. The minimum absolute atomic E-state index is 0.0959. The predicted molar refractivity (Wildman–Crippen MR) is 68.0 cm³/mol. The Balaban J connectivity index is 1.85. The van der Waals surface area contributed by atoms with E-state index >= 15 is 0 Å². The molecule has 0 aliphatic heterocycles. The van der Waals surface area contributed by atoms with Crippen LogP contribution in [0.1, 0.15) is 17.7 Å². The molecule has 0 fully saturated rings. The molecule has 0 unspecified atom stereocenters. The molecule has 0 atom stereocenters. The van der Waals surface area contributed by atoms with Gasteiger partial charge in [0.1, 0.15) is 5.82 Å². The normalized spacial score (nSPS) is 11.3. The molecule has 1 N–H and O–H groups in total. The highest BCUT2D eigenvalue weighted by Crippen LogP contribution is 2.21. The summed E-state index contributed by atoms with van der Waals surface area (Å²) >= 11 is 0. The Morgan fingerprint density at radius 1 is 1.05 bits per heavy atom. The summed E-state index contributed by atoms with van der Waals surface area (Å²) in [5, 5.41) is 3.04. The molecule has 0 aliphatic carbocycles. The summed E-state index contributed by atoms with van der Waals surface area (Å²) in [7, 11) is 0. The van der Waals surface area contributed by atoms with Crippen LogP contribution < -0.4 is 5.32 Å². The zero-order valence-corrected chi connectivity index (χ0v) is 10.6. The molecule has 0 amide bonds. The van der Waals surface area contributed by atoms with Crippen LogP contribution in [0.5, 0.6) is 0 Å². The molecule has 0 radical (unpaired) electrons. The Kier molecular flexibility index (Phi) is 4.49. The molecule has 0 bridgehead atoms. The highest BCUT2D eigenvalue weighted by molar-refractivity contribution is 5.31. The number of hydrogen-bond acceptors (Lipinski definition) is 4. The van der Waals surface area contributed by atoms with Gasteiger partial charge in [0.25, 0.3) is 0 Å². The van der Waals surface area contributed by atoms with Crippen molar-refractivity contribution >= 4 is 5.82 Å². The van der Waals surface area contributed by atoms with Crippen molar-refractivity contribution in [1.82, 2.24) is 15.0 Å². The Morgan fingerprint density at radius 3 is 2.50 bits per heavy atom. The number of aromatic nitrogens is 3. The third-order valence-corrected chi connectivity index (χ3v) is 2.59. The van der Waals surface area contributed by atoms with E-state index in [9.17, 15) is 13.2 Å². The van der Waals surface area contributed by atoms with Gasteiger partial charge >= 0.3 is 6.18 Å². The van der Waals surface area contributed by atoms with Gasteiger partial charge in [0.15, 0.2) is 0 Å². The van der Waals surface area contributed by atoms with E-state index in [2.05, 4.69) is 20.3 Å². The van der Waals surface area contributed by atoms with Gasteiger partial charge in [-0.1, -0.05) is 6.07 Å². The van der Waals surface area contributed by atoms with E-state index in [1.54, 1.807) is 36.9 Å². The lowest BCUT2D eigenvalue weighted by Gasteiger charge is -2.07. The van der Waals surface area contributed by atoms with Gasteiger partial charge in [0.05, 0.1) is 6.20 Å². The van der Waals surface area contributed by atoms with Crippen molar-refractivity contribution in [3.8, 4) is 0 Å². The van der Waals surface area contributed by atoms with Gasteiger partial charge in [-0.2, -0.15) is 13.2 Å². The summed E-state index contributed by atoms with van der Waals surface area (Å²) in [4.78, 5) is 12.0. The maximum atomic E-state index is 12.1. The second kappa shape index (κ2) is 6.31. The first kappa shape index (κ1) is 14.2. The monoisotopic (exact) mass is 282 g/mol. The lowest BCUT2D eigenvalue weighted by Crippen LogP contribution is -2.09. The molecule has 0 saturated carbocycles. The second-order valence-corrected chi connectivity index (χ2v) is 4.22. The Bertz CT molecular complexity index is 526. The van der Waals surface area contributed by atoms with Gasteiger partial charge < -0.3 is 5.32 Å². The molecule has 0 spiro atoms. The van der Waals surface area contributed by atoms with E-state index in [-0.39, 0.29) is 6.42 Å². The maximum absolute atomic E-state index is 12.1. The zero-order valence-electron chi connectivity index (χ0n) is 10.6. The number of nitrogens with one attached hydrogen (secondary N) is 1. The minimum Gasteiger partial charge on any atom is -0.365 e. The number of alkyl halides is 3. The molecule has 0 aromatic carbocycles. The van der Waals surface area contributed by atoms with Crippen LogP contribution in [-0.4, -0.2) is 21.1 Å². The fourth-order valence-electron chi connectivity index (χ4n) is 1.56. The molecule has 2 aromatic rings. The third kappa shape index (κ3) is 4.83. The van der Waals surface area contributed by atoms with Crippen molar-refractivity contribution in [2.24, 2.45) is 0 Å². The lowest BCUT2D eigenvalue weighted by molar-refractivity contribution is -0.134. The number of rotatable bonds is 5. The van der Waals surface area contributed by atoms with Crippen LogP contribution >= 0.6 is 0 Å². The number of anilines is 1. The van der Waals surface area contributed by atoms with Crippen molar-refractivity contribution in [3.63, 3.8) is 0 Å². The van der Waals surface area contributed by atoms with Gasteiger partial charge in [-0.15, -0.1) is 0 Å². The number of halogens is 3. The quantitative estimate of drug-likeness (QED) is 0.916. The fraction of sp³-hybridized carbons (Fsp3) is 0.308. The molecular weight excluding hydrogens is 269 g/mol. The van der Waals surface area contributed by atoms with Crippen molar-refractivity contribution in [3.05, 3.63) is 48.2 Å². The van der Waals surface area contributed by atoms with Crippen LogP contribution in [0.3, 0.4) is 0 Å². The molecule has 2 rings (SSSR count). The van der Waals surface area contributed by atoms with Gasteiger partial charge in [-0.05, 0) is 18.1 Å². The van der Waals surface area contributed by atoms with Crippen LogP contribution in [0, 0.1) is 0 Å². The molecule has 4 nitrogen and oxygen atoms in total. The largest absolute Gasteiger partial charge is 0.389 e. The Hall–Kier alpha value is -2.18. The number of hydrogen-bond donors (Lipinski definition) is 1. The zero-order chi connectivity index (χ0) is 14.4. The summed E-state index contributed by atoms with van der Waals surface area (Å²) in [6, 6.07) is 3.36. The molecule has 106 valence electrons. The summed E-state index contributed by atoms with van der Waals surface area (Å²) in [5.41, 5.74) is 1.30. The molecule has 7 heteroatoms. The fourth-order valence-corrected chi connectivity index (χ4v) is 1.56. The Morgan fingerprint density at radius 2 is 1.90 bits per heavy atom. The van der Waals surface area contributed by atoms with Crippen molar-refractivity contribution < 1.29 is 13.2 Å². The predicted octanol–water partition coefficient (Wildman–Crippen LogP) is 2.98. The standard InChI is InChI=1S/C13H13F3N4/c14-13(15,16)4-3-11-2-1-10(7-19-11)8-20-12-9-17-5-6-18-12/h1-2,5-7,9H,3-4,8H2,(H,18,20). The first-order valence-electron chi connectivity index (χ1n) is 6.03. The van der Waals surface area contributed by atoms with E-state index < -0.39 is 12.6 Å². The molecule has 20 heavy (non-hydrogen) atoms. The highest BCUT2D eigenvalue weighted by Gasteiger charge is 2.26. The SMILES string of the molecule is FC(F)(F)CCc1ccc(CNc2cnccn2)cn1. The highest BCUT2D eigenvalue weighted by atomic mass is 19.4. The smallest absolute Gasteiger partial charge is 0.365 e. The van der Waals surface area contributed by atoms with Crippen LogP contribution in [0.15, 0.2) is 36.9 Å². The number of pyridine rings is 1. The topological polar surface area (TPSA) is 50.7 Å². The van der Waals surface area contributed by atoms with Crippen molar-refractivity contribution in [1.29, 1.82) is 0 Å². The molecule has 0 aliphatic rings.